The van der Waals surface area contributed by atoms with Crippen LogP contribution in [0.15, 0.2) is 24.3 Å². The molecule has 0 unspecified atom stereocenters. The first kappa shape index (κ1) is 14.5. The summed E-state index contributed by atoms with van der Waals surface area (Å²) >= 11 is 5.42. The molecule has 1 aromatic heterocycles. The Labute approximate surface area is 116 Å². The Morgan fingerprint density at radius 2 is 1.85 bits per heavy atom. The van der Waals surface area contributed by atoms with E-state index in [0.717, 1.165) is 6.07 Å². The molecular formula is C12H7ClF4N2O. The minimum atomic E-state index is -4.68. The average molecular weight is 307 g/mol. The Bertz CT molecular complexity index is 646. The standard InChI is InChI=1S/C12H7ClF4N2O/c1-6-2-3-7(14)4-8(6)20-10-5-9(12(15,16)17)18-11(13)19-10/h2-5H,1H3. The molecule has 0 atom stereocenters. The molecular weight excluding hydrogens is 300 g/mol. The van der Waals surface area contributed by atoms with Gasteiger partial charge in [-0.3, -0.25) is 0 Å². The third kappa shape index (κ3) is 3.36. The van der Waals surface area contributed by atoms with Crippen LogP contribution in [0.1, 0.15) is 11.3 Å². The largest absolute Gasteiger partial charge is 0.438 e. The Morgan fingerprint density at radius 1 is 1.15 bits per heavy atom. The summed E-state index contributed by atoms with van der Waals surface area (Å²) in [4.78, 5) is 6.59. The first-order chi connectivity index (χ1) is 9.25. The second kappa shape index (κ2) is 5.24. The van der Waals surface area contributed by atoms with Crippen molar-refractivity contribution in [1.82, 2.24) is 9.97 Å². The van der Waals surface area contributed by atoms with Gasteiger partial charge in [0.05, 0.1) is 0 Å². The molecule has 0 saturated heterocycles. The van der Waals surface area contributed by atoms with Crippen molar-refractivity contribution in [3.63, 3.8) is 0 Å². The van der Waals surface area contributed by atoms with Crippen LogP contribution in [0.25, 0.3) is 0 Å². The number of aryl methyl sites for hydroxylation is 1. The summed E-state index contributed by atoms with van der Waals surface area (Å²) in [5, 5.41) is -0.608. The van der Waals surface area contributed by atoms with E-state index in [2.05, 4.69) is 9.97 Å². The van der Waals surface area contributed by atoms with Crippen LogP contribution in [0, 0.1) is 12.7 Å². The molecule has 20 heavy (non-hydrogen) atoms. The lowest BCUT2D eigenvalue weighted by atomic mass is 10.2. The zero-order chi connectivity index (χ0) is 14.9. The number of alkyl halides is 3. The van der Waals surface area contributed by atoms with Crippen molar-refractivity contribution in [3.8, 4) is 11.6 Å². The van der Waals surface area contributed by atoms with Crippen molar-refractivity contribution in [1.29, 1.82) is 0 Å². The minimum Gasteiger partial charge on any atom is -0.438 e. The Hall–Kier alpha value is -1.89. The van der Waals surface area contributed by atoms with E-state index in [1.807, 2.05) is 0 Å². The van der Waals surface area contributed by atoms with Gasteiger partial charge in [-0.15, -0.1) is 0 Å². The maximum absolute atomic E-state index is 13.1. The van der Waals surface area contributed by atoms with Crippen molar-refractivity contribution in [3.05, 3.63) is 46.6 Å². The van der Waals surface area contributed by atoms with Gasteiger partial charge in [-0.05, 0) is 30.2 Å². The van der Waals surface area contributed by atoms with E-state index >= 15 is 0 Å². The molecule has 3 nitrogen and oxygen atoms in total. The Morgan fingerprint density at radius 3 is 2.50 bits per heavy atom. The van der Waals surface area contributed by atoms with E-state index in [-0.39, 0.29) is 5.75 Å². The van der Waals surface area contributed by atoms with Crippen LogP contribution in [-0.4, -0.2) is 9.97 Å². The molecule has 106 valence electrons. The number of ether oxygens (including phenoxy) is 1. The molecule has 2 aromatic rings. The normalized spacial score (nSPS) is 11.5. The van der Waals surface area contributed by atoms with Gasteiger partial charge in [-0.25, -0.2) is 9.37 Å². The maximum Gasteiger partial charge on any atom is 0.433 e. The highest BCUT2D eigenvalue weighted by Gasteiger charge is 2.34. The van der Waals surface area contributed by atoms with Crippen molar-refractivity contribution >= 4 is 11.6 Å². The molecule has 0 bridgehead atoms. The van der Waals surface area contributed by atoms with Crippen molar-refractivity contribution in [2.45, 2.75) is 13.1 Å². The summed E-state index contributed by atoms with van der Waals surface area (Å²) < 4.78 is 55.9. The highest BCUT2D eigenvalue weighted by Crippen LogP contribution is 2.32. The van der Waals surface area contributed by atoms with E-state index in [1.54, 1.807) is 6.92 Å². The van der Waals surface area contributed by atoms with E-state index in [4.69, 9.17) is 16.3 Å². The number of halogens is 5. The lowest BCUT2D eigenvalue weighted by Crippen LogP contribution is -2.09. The highest BCUT2D eigenvalue weighted by molar-refractivity contribution is 6.28. The quantitative estimate of drug-likeness (QED) is 0.610. The van der Waals surface area contributed by atoms with E-state index in [9.17, 15) is 17.6 Å². The second-order valence-corrected chi connectivity index (χ2v) is 4.21. The predicted octanol–water partition coefficient (Wildman–Crippen LogP) is 4.39. The zero-order valence-corrected chi connectivity index (χ0v) is 10.8. The van der Waals surface area contributed by atoms with Gasteiger partial charge in [-0.1, -0.05) is 6.07 Å². The number of nitrogens with zero attached hydrogens (tertiary/aromatic N) is 2. The van der Waals surface area contributed by atoms with Crippen molar-refractivity contribution in [2.75, 3.05) is 0 Å². The number of benzene rings is 1. The monoisotopic (exact) mass is 306 g/mol. The molecule has 1 aromatic carbocycles. The molecule has 0 N–H and O–H groups in total. The third-order valence-electron chi connectivity index (χ3n) is 2.33. The molecule has 0 saturated carbocycles. The first-order valence-electron chi connectivity index (χ1n) is 5.31. The summed E-state index contributed by atoms with van der Waals surface area (Å²) in [7, 11) is 0. The molecule has 0 amide bonds. The summed E-state index contributed by atoms with van der Waals surface area (Å²) in [5.41, 5.74) is -0.698. The van der Waals surface area contributed by atoms with Crippen LogP contribution in [-0.2, 0) is 6.18 Å². The molecule has 8 heteroatoms. The van der Waals surface area contributed by atoms with Crippen molar-refractivity contribution < 1.29 is 22.3 Å². The van der Waals surface area contributed by atoms with Crippen LogP contribution in [0.3, 0.4) is 0 Å². The van der Waals surface area contributed by atoms with Crippen molar-refractivity contribution in [2.24, 2.45) is 0 Å². The predicted molar refractivity (Wildman–Crippen MR) is 63.3 cm³/mol. The zero-order valence-electron chi connectivity index (χ0n) is 10.0. The molecule has 0 spiro atoms. The van der Waals surface area contributed by atoms with Gasteiger partial charge in [0.15, 0.2) is 5.69 Å². The highest BCUT2D eigenvalue weighted by atomic mass is 35.5. The average Bonchev–Trinajstić information content (AvgIpc) is 2.32. The van der Waals surface area contributed by atoms with E-state index in [1.165, 1.54) is 12.1 Å². The van der Waals surface area contributed by atoms with Gasteiger partial charge < -0.3 is 4.74 Å². The summed E-state index contributed by atoms with van der Waals surface area (Å²) in [5.74, 6) is -0.944. The summed E-state index contributed by atoms with van der Waals surface area (Å²) in [6.07, 6.45) is -4.68. The van der Waals surface area contributed by atoms with Crippen LogP contribution in [0.4, 0.5) is 17.6 Å². The maximum atomic E-state index is 13.1. The topological polar surface area (TPSA) is 35.0 Å². The smallest absolute Gasteiger partial charge is 0.433 e. The van der Waals surface area contributed by atoms with Gasteiger partial charge in [0.2, 0.25) is 11.2 Å². The molecule has 1 heterocycles. The SMILES string of the molecule is Cc1ccc(F)cc1Oc1cc(C(F)(F)F)nc(Cl)n1. The molecule has 0 radical (unpaired) electrons. The van der Waals surface area contributed by atoms with E-state index in [0.29, 0.717) is 11.6 Å². The first-order valence-corrected chi connectivity index (χ1v) is 5.69. The van der Waals surface area contributed by atoms with Crippen LogP contribution in [0.5, 0.6) is 11.6 Å². The fourth-order valence-electron chi connectivity index (χ4n) is 1.39. The lowest BCUT2D eigenvalue weighted by Gasteiger charge is -2.10. The van der Waals surface area contributed by atoms with Crippen LogP contribution in [0.2, 0.25) is 5.28 Å². The number of aromatic nitrogens is 2. The van der Waals surface area contributed by atoms with Gasteiger partial charge in [-0.2, -0.15) is 18.2 Å². The minimum absolute atomic E-state index is 0.0490. The lowest BCUT2D eigenvalue weighted by molar-refractivity contribution is -0.141. The van der Waals surface area contributed by atoms with Gasteiger partial charge in [0.1, 0.15) is 11.6 Å². The Balaban J connectivity index is 2.39. The fraction of sp³-hybridized carbons (Fsp3) is 0.167. The molecule has 0 aliphatic carbocycles. The fourth-order valence-corrected chi connectivity index (χ4v) is 1.57. The van der Waals surface area contributed by atoms with Crippen LogP contribution >= 0.6 is 11.6 Å². The van der Waals surface area contributed by atoms with Gasteiger partial charge in [0.25, 0.3) is 0 Å². The summed E-state index contributed by atoms with van der Waals surface area (Å²) in [6, 6.07) is 4.27. The van der Waals surface area contributed by atoms with Gasteiger partial charge >= 0.3 is 6.18 Å². The molecule has 0 aliphatic rings. The number of rotatable bonds is 2. The summed E-state index contributed by atoms with van der Waals surface area (Å²) in [6.45, 7) is 1.61. The Kier molecular flexibility index (Phi) is 3.80. The molecule has 0 fully saturated rings. The molecule has 0 aliphatic heterocycles. The molecule has 2 rings (SSSR count). The van der Waals surface area contributed by atoms with Crippen LogP contribution < -0.4 is 4.74 Å². The number of hydrogen-bond donors (Lipinski definition) is 0. The second-order valence-electron chi connectivity index (χ2n) is 3.87. The van der Waals surface area contributed by atoms with E-state index < -0.39 is 28.9 Å². The number of hydrogen-bond acceptors (Lipinski definition) is 3. The third-order valence-corrected chi connectivity index (χ3v) is 2.50. The van der Waals surface area contributed by atoms with Gasteiger partial charge in [0, 0.05) is 12.1 Å².